The van der Waals surface area contributed by atoms with Crippen molar-refractivity contribution in [3.63, 3.8) is 0 Å². The van der Waals surface area contributed by atoms with Crippen LogP contribution in [0, 0.1) is 17.3 Å². The molecule has 0 saturated carbocycles. The minimum atomic E-state index is -0.170. The summed E-state index contributed by atoms with van der Waals surface area (Å²) in [7, 11) is 0. The fraction of sp³-hybridized carbons (Fsp3) is 0.556. The molecule has 1 aromatic carbocycles. The number of fused-ring (bicyclic) bond motifs is 1. The Bertz CT molecular complexity index is 1030. The van der Waals surface area contributed by atoms with Crippen molar-refractivity contribution in [2.75, 3.05) is 30.3 Å². The summed E-state index contributed by atoms with van der Waals surface area (Å²) in [5.41, 5.74) is 2.63. The second kappa shape index (κ2) is 10.4. The van der Waals surface area contributed by atoms with Gasteiger partial charge in [0.2, 0.25) is 5.91 Å². The monoisotopic (exact) mass is 501 g/mol. The van der Waals surface area contributed by atoms with E-state index in [4.69, 9.17) is 11.6 Å². The highest BCUT2D eigenvalue weighted by Gasteiger charge is 2.34. The molecule has 1 atom stereocenters. The average molecular weight is 502 g/mol. The number of carbonyl (C=O) groups is 2. The Balaban J connectivity index is 1.56. The van der Waals surface area contributed by atoms with E-state index in [0.717, 1.165) is 56.7 Å². The van der Waals surface area contributed by atoms with Crippen molar-refractivity contribution in [2.24, 2.45) is 17.3 Å². The van der Waals surface area contributed by atoms with Gasteiger partial charge in [0.05, 0.1) is 12.1 Å². The van der Waals surface area contributed by atoms with Crippen LogP contribution in [-0.2, 0) is 17.6 Å². The zero-order chi connectivity index (χ0) is 24.5. The van der Waals surface area contributed by atoms with Crippen LogP contribution in [0.2, 0.25) is 5.02 Å². The van der Waals surface area contributed by atoms with E-state index in [1.807, 2.05) is 0 Å². The zero-order valence-electron chi connectivity index (χ0n) is 20.7. The van der Waals surface area contributed by atoms with Crippen molar-refractivity contribution < 1.29 is 9.59 Å². The maximum absolute atomic E-state index is 13.4. The summed E-state index contributed by atoms with van der Waals surface area (Å²) < 4.78 is 0. The third kappa shape index (κ3) is 6.02. The van der Waals surface area contributed by atoms with E-state index in [1.54, 1.807) is 35.6 Å². The fourth-order valence-corrected chi connectivity index (χ4v) is 6.44. The Morgan fingerprint density at radius 2 is 1.76 bits per heavy atom. The number of nitrogens with one attached hydrogen (secondary N) is 2. The van der Waals surface area contributed by atoms with Gasteiger partial charge in [-0.15, -0.1) is 11.3 Å². The van der Waals surface area contributed by atoms with Gasteiger partial charge in [0.25, 0.3) is 5.91 Å². The number of piperidine rings is 1. The molecule has 2 aliphatic rings. The smallest absolute Gasteiger partial charge is 0.258 e. The largest absolute Gasteiger partial charge is 0.322 e. The average Bonchev–Trinajstić information content (AvgIpc) is 3.13. The van der Waals surface area contributed by atoms with Crippen molar-refractivity contribution in [3.8, 4) is 0 Å². The van der Waals surface area contributed by atoms with Crippen LogP contribution in [0.4, 0.5) is 10.7 Å². The predicted molar refractivity (Wildman–Crippen MR) is 142 cm³/mol. The topological polar surface area (TPSA) is 61.4 Å². The molecule has 0 bridgehead atoms. The lowest BCUT2D eigenvalue weighted by atomic mass is 9.72. The molecule has 2 amide bonds. The van der Waals surface area contributed by atoms with Gasteiger partial charge in [-0.3, -0.25) is 14.5 Å². The Morgan fingerprint density at radius 1 is 1.09 bits per heavy atom. The van der Waals surface area contributed by atoms with Gasteiger partial charge in [-0.2, -0.15) is 0 Å². The van der Waals surface area contributed by atoms with E-state index in [0.29, 0.717) is 33.7 Å². The van der Waals surface area contributed by atoms with E-state index in [2.05, 4.69) is 43.2 Å². The third-order valence-electron chi connectivity index (χ3n) is 7.32. The Kier molecular flexibility index (Phi) is 7.70. The number of likely N-dealkylation sites (tertiary alicyclic amines) is 1. The summed E-state index contributed by atoms with van der Waals surface area (Å²) >= 11 is 7.58. The number of amides is 2. The molecule has 7 heteroatoms. The summed E-state index contributed by atoms with van der Waals surface area (Å²) in [6.45, 7) is 11.4. The number of carbonyl (C=O) groups excluding carboxylic acids is 2. The van der Waals surface area contributed by atoms with Crippen LogP contribution >= 0.6 is 22.9 Å². The van der Waals surface area contributed by atoms with E-state index >= 15 is 0 Å². The minimum absolute atomic E-state index is 0.0407. The van der Waals surface area contributed by atoms with Gasteiger partial charge < -0.3 is 10.6 Å². The van der Waals surface area contributed by atoms with Crippen LogP contribution < -0.4 is 10.6 Å². The van der Waals surface area contributed by atoms with Crippen LogP contribution in [0.15, 0.2) is 24.3 Å². The molecule has 4 rings (SSSR count). The first-order valence-electron chi connectivity index (χ1n) is 12.3. The SMILES string of the molecule is CC1CCN(CC(=O)Nc2sc3c(c2C(=O)Nc2ccc(Cl)cc2)CCC(C(C)(C)C)C3)CC1. The first-order chi connectivity index (χ1) is 16.1. The van der Waals surface area contributed by atoms with Crippen LogP contribution in [0.25, 0.3) is 0 Å². The highest BCUT2D eigenvalue weighted by molar-refractivity contribution is 7.17. The first-order valence-corrected chi connectivity index (χ1v) is 13.5. The number of halogens is 1. The lowest BCUT2D eigenvalue weighted by molar-refractivity contribution is -0.117. The normalized spacial score (nSPS) is 19.5. The lowest BCUT2D eigenvalue weighted by Crippen LogP contribution is -2.38. The summed E-state index contributed by atoms with van der Waals surface area (Å²) in [6.07, 6.45) is 5.11. The first kappa shape index (κ1) is 25.2. The molecule has 1 aliphatic heterocycles. The standard InChI is InChI=1S/C27H36ClN3O2S/c1-17-11-13-31(14-12-17)16-23(32)30-26-24(25(33)29-20-8-6-19(28)7-9-20)21-10-5-18(27(2,3)4)15-22(21)34-26/h6-9,17-18H,5,10-16H2,1-4H3,(H,29,33)(H,30,32). The van der Waals surface area contributed by atoms with Crippen molar-refractivity contribution in [3.05, 3.63) is 45.3 Å². The van der Waals surface area contributed by atoms with Crippen molar-refractivity contribution >= 4 is 45.4 Å². The molecule has 2 heterocycles. The molecule has 0 spiro atoms. The molecule has 1 aliphatic carbocycles. The predicted octanol–water partition coefficient (Wildman–Crippen LogP) is 6.48. The highest BCUT2D eigenvalue weighted by Crippen LogP contribution is 2.44. The summed E-state index contributed by atoms with van der Waals surface area (Å²) in [5, 5.41) is 7.43. The van der Waals surface area contributed by atoms with Gasteiger partial charge in [-0.25, -0.2) is 0 Å². The van der Waals surface area contributed by atoms with Gasteiger partial charge in [0.15, 0.2) is 0 Å². The zero-order valence-corrected chi connectivity index (χ0v) is 22.2. The van der Waals surface area contributed by atoms with Gasteiger partial charge in [0.1, 0.15) is 5.00 Å². The molecule has 2 N–H and O–H groups in total. The number of thiophene rings is 1. The number of anilines is 2. The Hall–Kier alpha value is -1.89. The molecular formula is C27H36ClN3O2S. The van der Waals surface area contributed by atoms with Gasteiger partial charge >= 0.3 is 0 Å². The van der Waals surface area contributed by atoms with E-state index in [9.17, 15) is 9.59 Å². The summed E-state index contributed by atoms with van der Waals surface area (Å²) in [4.78, 5) is 29.9. The van der Waals surface area contributed by atoms with Gasteiger partial charge in [-0.1, -0.05) is 39.3 Å². The van der Waals surface area contributed by atoms with Crippen LogP contribution in [-0.4, -0.2) is 36.3 Å². The second-order valence-corrected chi connectivity index (χ2v) is 12.5. The highest BCUT2D eigenvalue weighted by atomic mass is 35.5. The summed E-state index contributed by atoms with van der Waals surface area (Å²) in [5.74, 6) is 1.07. The number of benzene rings is 1. The fourth-order valence-electron chi connectivity index (χ4n) is 4.97. The molecule has 1 saturated heterocycles. The van der Waals surface area contributed by atoms with Crippen LogP contribution in [0.3, 0.4) is 0 Å². The maximum atomic E-state index is 13.4. The third-order valence-corrected chi connectivity index (χ3v) is 8.74. The molecular weight excluding hydrogens is 466 g/mol. The van der Waals surface area contributed by atoms with Crippen LogP contribution in [0.1, 0.15) is 67.8 Å². The molecule has 34 heavy (non-hydrogen) atoms. The molecule has 0 radical (unpaired) electrons. The van der Waals surface area contributed by atoms with E-state index in [-0.39, 0.29) is 17.2 Å². The van der Waals surface area contributed by atoms with Crippen molar-refractivity contribution in [1.29, 1.82) is 0 Å². The number of rotatable bonds is 5. The molecule has 1 fully saturated rings. The molecule has 184 valence electrons. The number of nitrogens with zero attached hydrogens (tertiary/aromatic N) is 1. The maximum Gasteiger partial charge on any atom is 0.258 e. The number of hydrogen-bond donors (Lipinski definition) is 2. The molecule has 1 unspecified atom stereocenters. The van der Waals surface area contributed by atoms with Gasteiger partial charge in [0, 0.05) is 15.6 Å². The summed E-state index contributed by atoms with van der Waals surface area (Å²) in [6, 6.07) is 7.11. The minimum Gasteiger partial charge on any atom is -0.322 e. The Morgan fingerprint density at radius 3 is 2.41 bits per heavy atom. The molecule has 5 nitrogen and oxygen atoms in total. The Labute approximate surface area is 212 Å². The number of hydrogen-bond acceptors (Lipinski definition) is 4. The lowest BCUT2D eigenvalue weighted by Gasteiger charge is -2.33. The van der Waals surface area contributed by atoms with E-state index < -0.39 is 0 Å². The molecule has 1 aromatic heterocycles. The van der Waals surface area contributed by atoms with Crippen molar-refractivity contribution in [2.45, 2.75) is 59.8 Å². The molecule has 2 aromatic rings. The quantitative estimate of drug-likeness (QED) is 0.493. The van der Waals surface area contributed by atoms with Crippen LogP contribution in [0.5, 0.6) is 0 Å². The van der Waals surface area contributed by atoms with Crippen molar-refractivity contribution in [1.82, 2.24) is 4.90 Å². The van der Waals surface area contributed by atoms with Gasteiger partial charge in [-0.05, 0) is 92.3 Å². The van der Waals surface area contributed by atoms with E-state index in [1.165, 1.54) is 4.88 Å². The second-order valence-electron chi connectivity index (χ2n) is 11.0.